The molecule has 1 N–H and O–H groups in total. The van der Waals surface area contributed by atoms with Crippen molar-refractivity contribution in [3.63, 3.8) is 0 Å². The lowest BCUT2D eigenvalue weighted by Crippen LogP contribution is -2.35. The minimum absolute atomic E-state index is 0.107. The number of ketones is 1. The summed E-state index contributed by atoms with van der Waals surface area (Å²) in [5.74, 6) is -2.18. The first-order chi connectivity index (χ1) is 10.0. The molecule has 1 aromatic heterocycles. The lowest BCUT2D eigenvalue weighted by atomic mass is 10.1. The minimum Gasteiger partial charge on any atom is -0.463 e. The molecule has 0 aliphatic carbocycles. The van der Waals surface area contributed by atoms with Gasteiger partial charge >= 0.3 is 11.9 Å². The average molecular weight is 289 g/mol. The number of carbonyl (C=O) groups is 3. The molecule has 0 aliphatic heterocycles. The van der Waals surface area contributed by atoms with Crippen LogP contribution in [0.5, 0.6) is 0 Å². The molecule has 1 heterocycles. The molecule has 2 rings (SSSR count). The van der Waals surface area contributed by atoms with Crippen LogP contribution >= 0.6 is 0 Å². The first-order valence-corrected chi connectivity index (χ1v) is 6.48. The second kappa shape index (κ2) is 6.21. The topological polar surface area (TPSA) is 85.5 Å². The van der Waals surface area contributed by atoms with Gasteiger partial charge in [-0.1, -0.05) is 0 Å². The Bertz CT molecular complexity index is 688. The maximum absolute atomic E-state index is 12.0. The van der Waals surface area contributed by atoms with Crippen molar-refractivity contribution in [3.8, 4) is 0 Å². The third kappa shape index (κ3) is 3.28. The Labute approximate surface area is 121 Å². The fourth-order valence-electron chi connectivity index (χ4n) is 1.87. The van der Waals surface area contributed by atoms with Crippen molar-refractivity contribution in [2.24, 2.45) is 0 Å². The number of ether oxygens (including phenoxy) is 2. The molecule has 1 atom stereocenters. The van der Waals surface area contributed by atoms with Gasteiger partial charge in [-0.05, 0) is 38.1 Å². The van der Waals surface area contributed by atoms with Crippen LogP contribution in [0.1, 0.15) is 24.2 Å². The van der Waals surface area contributed by atoms with E-state index in [-0.39, 0.29) is 12.2 Å². The van der Waals surface area contributed by atoms with Crippen LogP contribution in [0.15, 0.2) is 30.5 Å². The number of H-pyrrole nitrogens is 1. The second-order valence-corrected chi connectivity index (χ2v) is 4.43. The van der Waals surface area contributed by atoms with Crippen LogP contribution in [-0.4, -0.2) is 35.4 Å². The molecule has 21 heavy (non-hydrogen) atoms. The predicted molar refractivity (Wildman–Crippen MR) is 74.8 cm³/mol. The molecule has 0 radical (unpaired) electrons. The van der Waals surface area contributed by atoms with Gasteiger partial charge in [0.1, 0.15) is 0 Å². The molecule has 0 aliphatic rings. The highest BCUT2D eigenvalue weighted by Crippen LogP contribution is 2.15. The third-order valence-corrected chi connectivity index (χ3v) is 2.88. The number of aromatic nitrogens is 1. The number of esters is 2. The molecule has 0 saturated carbocycles. The van der Waals surface area contributed by atoms with E-state index in [4.69, 9.17) is 9.47 Å². The normalized spacial score (nSPS) is 11.9. The number of carbonyl (C=O) groups excluding carboxylic acids is 3. The van der Waals surface area contributed by atoms with E-state index in [2.05, 4.69) is 4.98 Å². The maximum Gasteiger partial charge on any atom is 0.355 e. The minimum atomic E-state index is -1.53. The molecule has 1 aromatic carbocycles. The Morgan fingerprint density at radius 3 is 2.67 bits per heavy atom. The van der Waals surface area contributed by atoms with Gasteiger partial charge in [0.25, 0.3) is 6.10 Å². The van der Waals surface area contributed by atoms with E-state index in [0.717, 1.165) is 10.9 Å². The summed E-state index contributed by atoms with van der Waals surface area (Å²) >= 11 is 0. The second-order valence-electron chi connectivity index (χ2n) is 4.43. The molecule has 6 heteroatoms. The van der Waals surface area contributed by atoms with Crippen LogP contribution in [0.25, 0.3) is 10.9 Å². The van der Waals surface area contributed by atoms with Crippen LogP contribution in [0, 0.1) is 0 Å². The van der Waals surface area contributed by atoms with Gasteiger partial charge in [-0.25, -0.2) is 9.59 Å². The maximum atomic E-state index is 12.0. The fraction of sp³-hybridized carbons (Fsp3) is 0.267. The molecule has 6 nitrogen and oxygen atoms in total. The SMILES string of the molecule is CCOC(=O)C(OC(=O)c1ccc2[nH]ccc2c1)C(C)=O. The molecular weight excluding hydrogens is 274 g/mol. The van der Waals surface area contributed by atoms with E-state index in [9.17, 15) is 14.4 Å². The van der Waals surface area contributed by atoms with Crippen LogP contribution in [0.3, 0.4) is 0 Å². The summed E-state index contributed by atoms with van der Waals surface area (Å²) < 4.78 is 9.68. The molecule has 0 bridgehead atoms. The van der Waals surface area contributed by atoms with Gasteiger partial charge in [0.05, 0.1) is 12.2 Å². The van der Waals surface area contributed by atoms with Gasteiger partial charge in [0.15, 0.2) is 5.78 Å². The molecule has 110 valence electrons. The van der Waals surface area contributed by atoms with Crippen molar-refractivity contribution < 1.29 is 23.9 Å². The number of nitrogens with one attached hydrogen (secondary N) is 1. The van der Waals surface area contributed by atoms with E-state index < -0.39 is 23.8 Å². The molecular formula is C15H15NO5. The van der Waals surface area contributed by atoms with Gasteiger partial charge in [0, 0.05) is 17.1 Å². The van der Waals surface area contributed by atoms with Gasteiger partial charge < -0.3 is 14.5 Å². The largest absolute Gasteiger partial charge is 0.463 e. The quantitative estimate of drug-likeness (QED) is 0.670. The fourth-order valence-corrected chi connectivity index (χ4v) is 1.87. The molecule has 0 saturated heterocycles. The number of fused-ring (bicyclic) bond motifs is 1. The Balaban J connectivity index is 2.17. The first-order valence-electron chi connectivity index (χ1n) is 6.48. The van der Waals surface area contributed by atoms with E-state index in [1.807, 2.05) is 0 Å². The van der Waals surface area contributed by atoms with Crippen molar-refractivity contribution in [1.82, 2.24) is 4.98 Å². The summed E-state index contributed by atoms with van der Waals surface area (Å²) in [6.45, 7) is 2.89. The Hall–Kier alpha value is -2.63. The number of benzene rings is 1. The van der Waals surface area contributed by atoms with E-state index in [1.165, 1.54) is 6.92 Å². The molecule has 2 aromatic rings. The standard InChI is InChI=1S/C15H15NO5/c1-3-20-15(19)13(9(2)17)21-14(18)11-4-5-12-10(8-11)6-7-16-12/h4-8,13,16H,3H2,1-2H3. The number of hydrogen-bond donors (Lipinski definition) is 1. The van der Waals surface area contributed by atoms with E-state index in [1.54, 1.807) is 37.4 Å². The zero-order valence-electron chi connectivity index (χ0n) is 11.7. The lowest BCUT2D eigenvalue weighted by Gasteiger charge is -2.13. The van der Waals surface area contributed by atoms with Crippen LogP contribution in [0.4, 0.5) is 0 Å². The predicted octanol–water partition coefficient (Wildman–Crippen LogP) is 1.85. The monoisotopic (exact) mass is 289 g/mol. The van der Waals surface area contributed by atoms with Crippen LogP contribution < -0.4 is 0 Å². The van der Waals surface area contributed by atoms with Crippen molar-refractivity contribution in [2.75, 3.05) is 6.61 Å². The summed E-state index contributed by atoms with van der Waals surface area (Å²) in [4.78, 5) is 38.1. The summed E-state index contributed by atoms with van der Waals surface area (Å²) in [5, 5.41) is 0.833. The highest BCUT2D eigenvalue weighted by atomic mass is 16.6. The summed E-state index contributed by atoms with van der Waals surface area (Å²) in [6.07, 6.45) is 0.218. The lowest BCUT2D eigenvalue weighted by molar-refractivity contribution is -0.157. The van der Waals surface area contributed by atoms with Crippen LogP contribution in [0.2, 0.25) is 0 Å². The zero-order chi connectivity index (χ0) is 15.4. The van der Waals surface area contributed by atoms with Crippen LogP contribution in [-0.2, 0) is 19.1 Å². The van der Waals surface area contributed by atoms with Crippen molar-refractivity contribution in [3.05, 3.63) is 36.0 Å². The molecule has 1 unspecified atom stereocenters. The summed E-state index contributed by atoms with van der Waals surface area (Å²) in [7, 11) is 0. The first kappa shape index (κ1) is 14.8. The van der Waals surface area contributed by atoms with Crippen molar-refractivity contribution in [2.45, 2.75) is 20.0 Å². The smallest absolute Gasteiger partial charge is 0.355 e. The number of aromatic amines is 1. The number of rotatable bonds is 5. The number of hydrogen-bond acceptors (Lipinski definition) is 5. The van der Waals surface area contributed by atoms with Gasteiger partial charge in [-0.2, -0.15) is 0 Å². The zero-order valence-corrected chi connectivity index (χ0v) is 11.7. The summed E-state index contributed by atoms with van der Waals surface area (Å²) in [6, 6.07) is 6.71. The van der Waals surface area contributed by atoms with E-state index >= 15 is 0 Å². The average Bonchev–Trinajstić information content (AvgIpc) is 2.91. The highest BCUT2D eigenvalue weighted by Gasteiger charge is 2.29. The Morgan fingerprint density at radius 1 is 1.24 bits per heavy atom. The molecule has 0 fully saturated rings. The van der Waals surface area contributed by atoms with Gasteiger partial charge in [-0.3, -0.25) is 4.79 Å². The van der Waals surface area contributed by atoms with Crippen molar-refractivity contribution >= 4 is 28.6 Å². The third-order valence-electron chi connectivity index (χ3n) is 2.88. The Morgan fingerprint density at radius 2 is 2.00 bits per heavy atom. The highest BCUT2D eigenvalue weighted by molar-refractivity contribution is 6.04. The van der Waals surface area contributed by atoms with Gasteiger partial charge in [0.2, 0.25) is 0 Å². The molecule has 0 amide bonds. The van der Waals surface area contributed by atoms with E-state index in [0.29, 0.717) is 0 Å². The summed E-state index contributed by atoms with van der Waals surface area (Å²) in [5.41, 5.74) is 1.14. The van der Waals surface area contributed by atoms with Crippen molar-refractivity contribution in [1.29, 1.82) is 0 Å². The molecule has 0 spiro atoms. The Kier molecular flexibility index (Phi) is 4.37. The number of Topliss-reactive ketones (excluding diaryl/α,β-unsaturated/α-hetero) is 1. The van der Waals surface area contributed by atoms with Gasteiger partial charge in [-0.15, -0.1) is 0 Å².